The Hall–Kier alpha value is -1.03. The van der Waals surface area contributed by atoms with E-state index in [0.717, 1.165) is 4.88 Å². The summed E-state index contributed by atoms with van der Waals surface area (Å²) >= 11 is 1.43. The van der Waals surface area contributed by atoms with Gasteiger partial charge in [0, 0.05) is 4.88 Å². The van der Waals surface area contributed by atoms with Gasteiger partial charge in [0.1, 0.15) is 0 Å². The molecule has 3 nitrogen and oxygen atoms in total. The molecule has 0 saturated heterocycles. The topological polar surface area (TPSA) is 69.1 Å². The fourth-order valence-electron chi connectivity index (χ4n) is 0.902. The standard InChI is InChI=1S/C8H12N2OS/c1-4(2)6-3-5(7(9)11)8(10)12-6/h3-4H,10H2,1-2H3,(H2,9,11). The Morgan fingerprint density at radius 3 is 2.42 bits per heavy atom. The minimum absolute atomic E-state index is 0.394. The van der Waals surface area contributed by atoms with E-state index in [0.29, 0.717) is 16.5 Å². The molecule has 0 atom stereocenters. The summed E-state index contributed by atoms with van der Waals surface area (Å²) in [6.45, 7) is 4.10. The molecule has 1 amide bonds. The van der Waals surface area contributed by atoms with Gasteiger partial charge in [0.25, 0.3) is 5.91 Å². The van der Waals surface area contributed by atoms with Crippen LogP contribution in [0.25, 0.3) is 0 Å². The molecule has 0 bridgehead atoms. The number of primary amides is 1. The first-order chi connectivity index (χ1) is 5.52. The highest BCUT2D eigenvalue weighted by molar-refractivity contribution is 7.16. The third-order valence-corrected chi connectivity index (χ3v) is 2.88. The Kier molecular flexibility index (Phi) is 2.38. The van der Waals surface area contributed by atoms with E-state index in [1.807, 2.05) is 0 Å². The number of hydrogen-bond acceptors (Lipinski definition) is 3. The number of amides is 1. The number of anilines is 1. The van der Waals surface area contributed by atoms with Crippen molar-refractivity contribution in [2.75, 3.05) is 5.73 Å². The molecule has 4 N–H and O–H groups in total. The smallest absolute Gasteiger partial charge is 0.251 e. The largest absolute Gasteiger partial charge is 0.390 e. The summed E-state index contributed by atoms with van der Waals surface area (Å²) < 4.78 is 0. The van der Waals surface area contributed by atoms with Crippen LogP contribution in [0.15, 0.2) is 6.07 Å². The third kappa shape index (κ3) is 1.58. The van der Waals surface area contributed by atoms with Crippen LogP contribution in [0.3, 0.4) is 0 Å². The number of thiophene rings is 1. The SMILES string of the molecule is CC(C)c1cc(C(N)=O)c(N)s1. The van der Waals surface area contributed by atoms with Crippen molar-refractivity contribution in [2.24, 2.45) is 5.73 Å². The van der Waals surface area contributed by atoms with Crippen molar-refractivity contribution < 1.29 is 4.79 Å². The van der Waals surface area contributed by atoms with Gasteiger partial charge in [-0.25, -0.2) is 0 Å². The molecule has 0 aliphatic carbocycles. The average molecular weight is 184 g/mol. The van der Waals surface area contributed by atoms with E-state index in [2.05, 4.69) is 13.8 Å². The monoisotopic (exact) mass is 184 g/mol. The highest BCUT2D eigenvalue weighted by Gasteiger charge is 2.12. The van der Waals surface area contributed by atoms with Crippen LogP contribution in [0.5, 0.6) is 0 Å². The van der Waals surface area contributed by atoms with Crippen LogP contribution in [-0.2, 0) is 0 Å². The Morgan fingerprint density at radius 2 is 2.17 bits per heavy atom. The van der Waals surface area contributed by atoms with E-state index in [9.17, 15) is 4.79 Å². The van der Waals surface area contributed by atoms with E-state index in [-0.39, 0.29) is 0 Å². The summed E-state index contributed by atoms with van der Waals surface area (Å²) in [5.41, 5.74) is 11.2. The van der Waals surface area contributed by atoms with Gasteiger partial charge in [-0.05, 0) is 12.0 Å². The summed E-state index contributed by atoms with van der Waals surface area (Å²) in [6, 6.07) is 1.77. The lowest BCUT2D eigenvalue weighted by molar-refractivity contribution is 0.100. The molecule has 0 aliphatic rings. The first-order valence-corrected chi connectivity index (χ1v) is 4.53. The molecular weight excluding hydrogens is 172 g/mol. The van der Waals surface area contributed by atoms with Gasteiger partial charge in [-0.15, -0.1) is 11.3 Å². The van der Waals surface area contributed by atoms with Gasteiger partial charge in [0.15, 0.2) is 0 Å². The lowest BCUT2D eigenvalue weighted by Gasteiger charge is -1.96. The Bertz CT molecular complexity index is 304. The molecule has 0 spiro atoms. The second-order valence-corrected chi connectivity index (χ2v) is 4.06. The minimum atomic E-state index is -0.448. The third-order valence-electron chi connectivity index (χ3n) is 1.61. The van der Waals surface area contributed by atoms with Crippen LogP contribution in [0.2, 0.25) is 0 Å². The van der Waals surface area contributed by atoms with Crippen molar-refractivity contribution in [3.05, 3.63) is 16.5 Å². The maximum atomic E-state index is 10.8. The zero-order chi connectivity index (χ0) is 9.30. The van der Waals surface area contributed by atoms with Crippen LogP contribution in [-0.4, -0.2) is 5.91 Å². The van der Waals surface area contributed by atoms with E-state index in [1.165, 1.54) is 11.3 Å². The molecule has 1 rings (SSSR count). The summed E-state index contributed by atoms with van der Waals surface area (Å²) in [6.07, 6.45) is 0. The molecule has 0 unspecified atom stereocenters. The summed E-state index contributed by atoms with van der Waals surface area (Å²) in [4.78, 5) is 11.9. The summed E-state index contributed by atoms with van der Waals surface area (Å²) in [7, 11) is 0. The van der Waals surface area contributed by atoms with E-state index in [4.69, 9.17) is 11.5 Å². The number of rotatable bonds is 2. The highest BCUT2D eigenvalue weighted by Crippen LogP contribution is 2.29. The highest BCUT2D eigenvalue weighted by atomic mass is 32.1. The fourth-order valence-corrected chi connectivity index (χ4v) is 1.84. The van der Waals surface area contributed by atoms with Crippen LogP contribution < -0.4 is 11.5 Å². The number of carbonyl (C=O) groups is 1. The molecule has 0 aromatic carbocycles. The van der Waals surface area contributed by atoms with Gasteiger partial charge >= 0.3 is 0 Å². The van der Waals surface area contributed by atoms with Gasteiger partial charge in [-0.3, -0.25) is 4.79 Å². The maximum Gasteiger partial charge on any atom is 0.251 e. The van der Waals surface area contributed by atoms with Gasteiger partial charge in [0.05, 0.1) is 10.6 Å². The minimum Gasteiger partial charge on any atom is -0.390 e. The lowest BCUT2D eigenvalue weighted by atomic mass is 10.1. The van der Waals surface area contributed by atoms with Crippen LogP contribution in [0.4, 0.5) is 5.00 Å². The lowest BCUT2D eigenvalue weighted by Crippen LogP contribution is -2.11. The molecule has 4 heteroatoms. The van der Waals surface area contributed by atoms with Gasteiger partial charge in [0.2, 0.25) is 0 Å². The zero-order valence-corrected chi connectivity index (χ0v) is 7.94. The molecule has 0 saturated carbocycles. The Labute approximate surface area is 75.4 Å². The quantitative estimate of drug-likeness (QED) is 0.732. The van der Waals surface area contributed by atoms with Gasteiger partial charge < -0.3 is 11.5 Å². The van der Waals surface area contributed by atoms with Crippen molar-refractivity contribution in [3.63, 3.8) is 0 Å². The second kappa shape index (κ2) is 3.15. The molecule has 0 aliphatic heterocycles. The molecule has 1 aromatic rings. The van der Waals surface area contributed by atoms with Crippen LogP contribution >= 0.6 is 11.3 Å². The maximum absolute atomic E-state index is 10.8. The molecule has 12 heavy (non-hydrogen) atoms. The van der Waals surface area contributed by atoms with Crippen LogP contribution in [0.1, 0.15) is 35.0 Å². The van der Waals surface area contributed by atoms with Crippen molar-refractivity contribution in [1.29, 1.82) is 0 Å². The van der Waals surface area contributed by atoms with Gasteiger partial charge in [-0.1, -0.05) is 13.8 Å². The van der Waals surface area contributed by atoms with Crippen molar-refractivity contribution in [2.45, 2.75) is 19.8 Å². The number of hydrogen-bond donors (Lipinski definition) is 2. The normalized spacial score (nSPS) is 10.6. The van der Waals surface area contributed by atoms with Gasteiger partial charge in [-0.2, -0.15) is 0 Å². The van der Waals surface area contributed by atoms with Crippen molar-refractivity contribution in [3.8, 4) is 0 Å². The van der Waals surface area contributed by atoms with Crippen LogP contribution in [0, 0.1) is 0 Å². The molecule has 66 valence electrons. The van der Waals surface area contributed by atoms with Crippen molar-refractivity contribution in [1.82, 2.24) is 0 Å². The molecule has 0 fully saturated rings. The first-order valence-electron chi connectivity index (χ1n) is 3.71. The predicted octanol–water partition coefficient (Wildman–Crippen LogP) is 1.55. The summed E-state index contributed by atoms with van der Waals surface area (Å²) in [5, 5.41) is 0.520. The zero-order valence-electron chi connectivity index (χ0n) is 7.13. The Balaban J connectivity index is 3.09. The molecule has 0 radical (unpaired) electrons. The predicted molar refractivity (Wildman–Crippen MR) is 51.3 cm³/mol. The molecular formula is C8H12N2OS. The number of nitrogens with two attached hydrogens (primary N) is 2. The number of nitrogen functional groups attached to an aromatic ring is 1. The Morgan fingerprint density at radius 1 is 1.58 bits per heavy atom. The molecule has 1 aromatic heterocycles. The number of carbonyl (C=O) groups excluding carboxylic acids is 1. The fraction of sp³-hybridized carbons (Fsp3) is 0.375. The van der Waals surface area contributed by atoms with E-state index < -0.39 is 5.91 Å². The second-order valence-electron chi connectivity index (χ2n) is 2.95. The molecule has 1 heterocycles. The first kappa shape index (κ1) is 9.06. The van der Waals surface area contributed by atoms with E-state index >= 15 is 0 Å². The van der Waals surface area contributed by atoms with Crippen molar-refractivity contribution >= 4 is 22.2 Å². The van der Waals surface area contributed by atoms with E-state index in [1.54, 1.807) is 6.07 Å². The average Bonchev–Trinajstić information content (AvgIpc) is 2.30. The summed E-state index contributed by atoms with van der Waals surface area (Å²) in [5.74, 6) is -0.0546.